The highest BCUT2D eigenvalue weighted by molar-refractivity contribution is 8.00. The molecule has 5 N–H and O–H groups in total. The van der Waals surface area contributed by atoms with Crippen molar-refractivity contribution in [2.75, 3.05) is 6.61 Å². The first-order valence-corrected chi connectivity index (χ1v) is 4.50. The molecule has 0 saturated carbocycles. The third-order valence-corrected chi connectivity index (χ3v) is 3.20. The summed E-state index contributed by atoms with van der Waals surface area (Å²) in [5, 5.41) is 44.6. The maximum absolute atomic E-state index is 9.22. The summed E-state index contributed by atoms with van der Waals surface area (Å²) in [5.74, 6) is 0. The maximum Gasteiger partial charge on any atom is 0.128 e. The van der Waals surface area contributed by atoms with Crippen LogP contribution in [0.4, 0.5) is 0 Å². The average Bonchev–Trinajstić information content (AvgIpc) is 2.08. The van der Waals surface area contributed by atoms with Gasteiger partial charge in [-0.25, -0.2) is 0 Å². The second kappa shape index (κ2) is 3.91. The lowest BCUT2D eigenvalue weighted by atomic mass is 10.0. The van der Waals surface area contributed by atoms with Gasteiger partial charge in [0.1, 0.15) is 17.6 Å². The molecule has 1 rings (SSSR count). The van der Waals surface area contributed by atoms with Crippen molar-refractivity contribution in [3.8, 4) is 0 Å². The highest BCUT2D eigenvalue weighted by atomic mass is 32.2. The normalized spacial score (nSPS) is 49.2. The molecule has 72 valence electrons. The first kappa shape index (κ1) is 10.2. The summed E-state index contributed by atoms with van der Waals surface area (Å²) < 4.78 is 0. The van der Waals surface area contributed by atoms with E-state index in [9.17, 15) is 5.11 Å². The molecule has 1 aliphatic heterocycles. The number of aliphatic hydroxyl groups is 5. The van der Waals surface area contributed by atoms with Crippen LogP contribution >= 0.6 is 11.8 Å². The van der Waals surface area contributed by atoms with E-state index in [1.165, 1.54) is 0 Å². The smallest absolute Gasteiger partial charge is 0.128 e. The zero-order valence-corrected chi connectivity index (χ0v) is 7.05. The molecule has 5 nitrogen and oxygen atoms in total. The largest absolute Gasteiger partial charge is 0.395 e. The van der Waals surface area contributed by atoms with E-state index >= 15 is 0 Å². The summed E-state index contributed by atoms with van der Waals surface area (Å²) in [4.78, 5) is 0. The summed E-state index contributed by atoms with van der Waals surface area (Å²) >= 11 is 0.852. The Hall–Kier alpha value is 0.150. The van der Waals surface area contributed by atoms with E-state index in [0.717, 1.165) is 11.8 Å². The van der Waals surface area contributed by atoms with E-state index in [1.807, 2.05) is 0 Å². The molecule has 0 aromatic carbocycles. The number of rotatable bonds is 1. The number of aliphatic hydroxyl groups excluding tert-OH is 5. The minimum atomic E-state index is -1.39. The molecule has 1 saturated heterocycles. The molecule has 6 heteroatoms. The third-order valence-electron chi connectivity index (χ3n) is 1.87. The van der Waals surface area contributed by atoms with Crippen molar-refractivity contribution in [2.24, 2.45) is 0 Å². The van der Waals surface area contributed by atoms with Crippen molar-refractivity contribution < 1.29 is 25.5 Å². The minimum Gasteiger partial charge on any atom is -0.395 e. The monoisotopic (exact) mass is 196 g/mol. The molecule has 0 bridgehead atoms. The van der Waals surface area contributed by atoms with Crippen molar-refractivity contribution in [1.29, 1.82) is 0 Å². The number of thioether (sulfide) groups is 1. The molecule has 0 amide bonds. The van der Waals surface area contributed by atoms with Crippen LogP contribution in [0.3, 0.4) is 0 Å². The molecule has 0 aromatic heterocycles. The van der Waals surface area contributed by atoms with Gasteiger partial charge < -0.3 is 25.5 Å². The highest BCUT2D eigenvalue weighted by Crippen LogP contribution is 2.30. The molecule has 0 unspecified atom stereocenters. The lowest BCUT2D eigenvalue weighted by Gasteiger charge is -2.36. The topological polar surface area (TPSA) is 101 Å². The second-order valence-electron chi connectivity index (χ2n) is 2.72. The van der Waals surface area contributed by atoms with Crippen LogP contribution in [0.2, 0.25) is 0 Å². The second-order valence-corrected chi connectivity index (χ2v) is 4.08. The van der Waals surface area contributed by atoms with Gasteiger partial charge >= 0.3 is 0 Å². The first-order chi connectivity index (χ1) is 5.57. The number of hydrogen-bond acceptors (Lipinski definition) is 6. The van der Waals surface area contributed by atoms with Crippen LogP contribution in [0.1, 0.15) is 0 Å². The van der Waals surface area contributed by atoms with Gasteiger partial charge in [-0.15, -0.1) is 11.8 Å². The predicted molar refractivity (Wildman–Crippen MR) is 42.5 cm³/mol. The summed E-state index contributed by atoms with van der Waals surface area (Å²) in [5.41, 5.74) is -1.15. The summed E-state index contributed by atoms with van der Waals surface area (Å²) in [6.07, 6.45) is -3.94. The Morgan fingerprint density at radius 1 is 0.917 bits per heavy atom. The molecule has 1 fully saturated rings. The molecule has 0 aliphatic carbocycles. The van der Waals surface area contributed by atoms with E-state index < -0.39 is 29.0 Å². The van der Waals surface area contributed by atoms with Crippen molar-refractivity contribution in [2.45, 2.75) is 29.0 Å². The van der Waals surface area contributed by atoms with E-state index in [1.54, 1.807) is 0 Å². The van der Waals surface area contributed by atoms with Gasteiger partial charge in [0.15, 0.2) is 0 Å². The molecular weight excluding hydrogens is 184 g/mol. The fourth-order valence-corrected chi connectivity index (χ4v) is 2.17. The van der Waals surface area contributed by atoms with Crippen molar-refractivity contribution in [1.82, 2.24) is 0 Å². The lowest BCUT2D eigenvalue weighted by molar-refractivity contribution is -0.0953. The Morgan fingerprint density at radius 3 is 2.00 bits per heavy atom. The van der Waals surface area contributed by atoms with Gasteiger partial charge in [0.25, 0.3) is 0 Å². The minimum absolute atomic E-state index is 0.341. The Balaban J connectivity index is 2.63. The Bertz CT molecular complexity index is 150. The van der Waals surface area contributed by atoms with Crippen LogP contribution in [0, 0.1) is 0 Å². The van der Waals surface area contributed by atoms with Crippen molar-refractivity contribution in [3.63, 3.8) is 0 Å². The zero-order valence-electron chi connectivity index (χ0n) is 6.24. The van der Waals surface area contributed by atoms with Crippen LogP contribution in [-0.2, 0) is 0 Å². The molecule has 12 heavy (non-hydrogen) atoms. The summed E-state index contributed by atoms with van der Waals surface area (Å²) in [7, 11) is 0. The third kappa shape index (κ3) is 1.73. The fourth-order valence-electron chi connectivity index (χ4n) is 1.08. The Morgan fingerprint density at radius 2 is 1.50 bits per heavy atom. The van der Waals surface area contributed by atoms with Crippen LogP contribution in [0.25, 0.3) is 0 Å². The van der Waals surface area contributed by atoms with Gasteiger partial charge in [0.2, 0.25) is 0 Å². The highest BCUT2D eigenvalue weighted by Gasteiger charge is 2.42. The molecule has 1 aliphatic rings. The van der Waals surface area contributed by atoms with Gasteiger partial charge in [0, 0.05) is 0 Å². The summed E-state index contributed by atoms with van der Waals surface area (Å²) in [6.45, 7) is -0.341. The Labute approximate surface area is 73.7 Å². The molecule has 5 atom stereocenters. The Kier molecular flexibility index (Phi) is 3.33. The van der Waals surface area contributed by atoms with Crippen LogP contribution in [0.5, 0.6) is 0 Å². The van der Waals surface area contributed by atoms with Crippen molar-refractivity contribution >= 4 is 11.8 Å². The van der Waals surface area contributed by atoms with Gasteiger partial charge in [0.05, 0.1) is 18.0 Å². The first-order valence-electron chi connectivity index (χ1n) is 3.56. The fraction of sp³-hybridized carbons (Fsp3) is 1.00. The van der Waals surface area contributed by atoms with E-state index in [0.29, 0.717) is 0 Å². The molecular formula is C6H12O5S. The van der Waals surface area contributed by atoms with Gasteiger partial charge in [-0.3, -0.25) is 0 Å². The predicted octanol–water partition coefficient (Wildman–Crippen LogP) is -2.50. The van der Waals surface area contributed by atoms with E-state index in [2.05, 4.69) is 0 Å². The molecule has 0 spiro atoms. The molecule has 1 heterocycles. The quantitative estimate of drug-likeness (QED) is 0.318. The standard InChI is InChI=1S/C6H12O5S/c7-1-2-3(8)4(9)5(10)6(11)12-2/h2-11H,1H2/t2-,3-,4-,5+,6-/m0/s1. The van der Waals surface area contributed by atoms with Crippen molar-refractivity contribution in [3.05, 3.63) is 0 Å². The summed E-state index contributed by atoms with van der Waals surface area (Å²) in [6, 6.07) is 0. The van der Waals surface area contributed by atoms with Gasteiger partial charge in [-0.05, 0) is 0 Å². The SMILES string of the molecule is OC[C@@H]1S[C@H](O)[C@H](O)[C@@H](O)[C@H]1O. The van der Waals surface area contributed by atoms with Crippen LogP contribution in [0.15, 0.2) is 0 Å². The van der Waals surface area contributed by atoms with Gasteiger partial charge in [-0.1, -0.05) is 0 Å². The van der Waals surface area contributed by atoms with Gasteiger partial charge in [-0.2, -0.15) is 0 Å². The van der Waals surface area contributed by atoms with Crippen LogP contribution in [-0.4, -0.2) is 61.1 Å². The maximum atomic E-state index is 9.22. The van der Waals surface area contributed by atoms with E-state index in [4.69, 9.17) is 20.4 Å². The number of hydrogen-bond donors (Lipinski definition) is 5. The van der Waals surface area contributed by atoms with Crippen LogP contribution < -0.4 is 0 Å². The lowest BCUT2D eigenvalue weighted by Crippen LogP contribution is -2.53. The van der Waals surface area contributed by atoms with E-state index in [-0.39, 0.29) is 6.61 Å². The molecule has 0 radical (unpaired) electrons. The molecule has 0 aromatic rings. The zero-order chi connectivity index (χ0) is 9.30. The average molecular weight is 196 g/mol.